The highest BCUT2D eigenvalue weighted by Crippen LogP contribution is 2.28. The summed E-state index contributed by atoms with van der Waals surface area (Å²) in [6.45, 7) is 4.02. The lowest BCUT2D eigenvalue weighted by Crippen LogP contribution is -2.20. The van der Waals surface area contributed by atoms with Gasteiger partial charge in [0.05, 0.1) is 6.04 Å². The topological polar surface area (TPSA) is 68.5 Å². The van der Waals surface area contributed by atoms with Crippen molar-refractivity contribution in [3.63, 3.8) is 0 Å². The number of rotatable bonds is 5. The third kappa shape index (κ3) is 3.92. The van der Waals surface area contributed by atoms with E-state index >= 15 is 0 Å². The monoisotopic (exact) mass is 314 g/mol. The lowest BCUT2D eigenvalue weighted by atomic mass is 10.0. The maximum absolute atomic E-state index is 12.7. The Kier molecular flexibility index (Phi) is 4.62. The predicted molar refractivity (Wildman–Crippen MR) is 73.9 cm³/mol. The molecule has 120 valence electrons. The molecular formula is C13H17F3N6. The highest BCUT2D eigenvalue weighted by atomic mass is 19.4. The summed E-state index contributed by atoms with van der Waals surface area (Å²) in [5.74, 6) is 0.846. The molecule has 1 N–H and O–H groups in total. The summed E-state index contributed by atoms with van der Waals surface area (Å²) in [6.07, 6.45) is -1.36. The number of aryl methyl sites for hydroxylation is 1. The van der Waals surface area contributed by atoms with Gasteiger partial charge in [0, 0.05) is 13.2 Å². The third-order valence-corrected chi connectivity index (χ3v) is 3.01. The molecule has 0 saturated heterocycles. The molecule has 0 saturated carbocycles. The minimum absolute atomic E-state index is 0.0801. The Labute approximate surface area is 125 Å². The van der Waals surface area contributed by atoms with Crippen LogP contribution in [-0.2, 0) is 13.2 Å². The molecule has 2 aromatic heterocycles. The molecule has 0 spiro atoms. The molecule has 6 nitrogen and oxygen atoms in total. The number of halogens is 3. The van der Waals surface area contributed by atoms with Gasteiger partial charge in [0.1, 0.15) is 17.8 Å². The predicted octanol–water partition coefficient (Wildman–Crippen LogP) is 2.82. The Hall–Kier alpha value is -2.19. The van der Waals surface area contributed by atoms with Gasteiger partial charge in [-0.15, -0.1) is 0 Å². The van der Waals surface area contributed by atoms with Crippen molar-refractivity contribution >= 4 is 5.95 Å². The summed E-state index contributed by atoms with van der Waals surface area (Å²) >= 11 is 0. The highest BCUT2D eigenvalue weighted by Gasteiger charge is 2.33. The smallest absolute Gasteiger partial charge is 0.344 e. The van der Waals surface area contributed by atoms with E-state index in [1.54, 1.807) is 11.7 Å². The SMILES string of the molecule is CC(C)CC(Nc1nccc(C(F)(F)F)n1)c1ncnn1C. The number of aromatic nitrogens is 5. The maximum Gasteiger partial charge on any atom is 0.433 e. The van der Waals surface area contributed by atoms with Crippen LogP contribution in [0, 0.1) is 5.92 Å². The zero-order valence-electron chi connectivity index (χ0n) is 12.5. The van der Waals surface area contributed by atoms with Gasteiger partial charge in [-0.2, -0.15) is 18.3 Å². The van der Waals surface area contributed by atoms with Crippen LogP contribution in [0.5, 0.6) is 0 Å². The van der Waals surface area contributed by atoms with E-state index in [-0.39, 0.29) is 12.0 Å². The van der Waals surface area contributed by atoms with Gasteiger partial charge in [-0.3, -0.25) is 4.68 Å². The summed E-state index contributed by atoms with van der Waals surface area (Å²) in [5, 5.41) is 6.91. The number of hydrogen-bond acceptors (Lipinski definition) is 5. The molecule has 1 unspecified atom stereocenters. The average molecular weight is 314 g/mol. The van der Waals surface area contributed by atoms with Gasteiger partial charge >= 0.3 is 6.18 Å². The molecule has 0 aliphatic rings. The number of anilines is 1. The molecule has 0 aromatic carbocycles. The zero-order valence-corrected chi connectivity index (χ0v) is 12.5. The van der Waals surface area contributed by atoms with Crippen molar-refractivity contribution in [1.29, 1.82) is 0 Å². The Morgan fingerprint density at radius 1 is 1.27 bits per heavy atom. The molecule has 1 atom stereocenters. The van der Waals surface area contributed by atoms with Gasteiger partial charge in [0.2, 0.25) is 5.95 Å². The molecule has 0 radical (unpaired) electrons. The lowest BCUT2D eigenvalue weighted by molar-refractivity contribution is -0.141. The van der Waals surface area contributed by atoms with E-state index in [4.69, 9.17) is 0 Å². The van der Waals surface area contributed by atoms with Gasteiger partial charge in [-0.25, -0.2) is 15.0 Å². The maximum atomic E-state index is 12.7. The Morgan fingerprint density at radius 3 is 2.55 bits per heavy atom. The largest absolute Gasteiger partial charge is 0.433 e. The molecule has 0 aliphatic heterocycles. The molecule has 0 aliphatic carbocycles. The van der Waals surface area contributed by atoms with Gasteiger partial charge in [-0.05, 0) is 18.4 Å². The van der Waals surface area contributed by atoms with Crippen LogP contribution in [0.25, 0.3) is 0 Å². The number of nitrogens with zero attached hydrogens (tertiary/aromatic N) is 5. The average Bonchev–Trinajstić information content (AvgIpc) is 2.83. The van der Waals surface area contributed by atoms with Crippen LogP contribution < -0.4 is 5.32 Å². The summed E-state index contributed by atoms with van der Waals surface area (Å²) in [4.78, 5) is 11.5. The highest BCUT2D eigenvalue weighted by molar-refractivity contribution is 5.29. The summed E-state index contributed by atoms with van der Waals surface area (Å²) in [7, 11) is 1.73. The molecule has 2 rings (SSSR count). The fraction of sp³-hybridized carbons (Fsp3) is 0.538. The number of nitrogens with one attached hydrogen (secondary N) is 1. The van der Waals surface area contributed by atoms with Gasteiger partial charge in [-0.1, -0.05) is 13.8 Å². The Balaban J connectivity index is 2.26. The zero-order chi connectivity index (χ0) is 16.3. The van der Waals surface area contributed by atoms with E-state index in [0.29, 0.717) is 18.2 Å². The Morgan fingerprint density at radius 2 is 2.00 bits per heavy atom. The Bertz CT molecular complexity index is 622. The second-order valence-electron chi connectivity index (χ2n) is 5.33. The number of alkyl halides is 3. The van der Waals surface area contributed by atoms with E-state index in [0.717, 1.165) is 12.3 Å². The van der Waals surface area contributed by atoms with E-state index < -0.39 is 11.9 Å². The van der Waals surface area contributed by atoms with Crippen molar-refractivity contribution in [3.05, 3.63) is 30.1 Å². The van der Waals surface area contributed by atoms with Crippen LogP contribution in [0.1, 0.15) is 37.8 Å². The van der Waals surface area contributed by atoms with Crippen LogP contribution in [0.2, 0.25) is 0 Å². The quantitative estimate of drug-likeness (QED) is 0.919. The second kappa shape index (κ2) is 6.29. The van der Waals surface area contributed by atoms with Crippen LogP contribution >= 0.6 is 0 Å². The van der Waals surface area contributed by atoms with Gasteiger partial charge in [0.25, 0.3) is 0 Å². The molecule has 0 bridgehead atoms. The van der Waals surface area contributed by atoms with Crippen LogP contribution in [0.15, 0.2) is 18.6 Å². The fourth-order valence-corrected chi connectivity index (χ4v) is 2.06. The van der Waals surface area contributed by atoms with E-state index in [1.165, 1.54) is 6.33 Å². The van der Waals surface area contributed by atoms with Crippen LogP contribution in [0.3, 0.4) is 0 Å². The van der Waals surface area contributed by atoms with Crippen molar-refractivity contribution in [2.75, 3.05) is 5.32 Å². The molecule has 0 fully saturated rings. The minimum atomic E-state index is -4.50. The van der Waals surface area contributed by atoms with E-state index in [9.17, 15) is 13.2 Å². The van der Waals surface area contributed by atoms with E-state index in [2.05, 4.69) is 25.4 Å². The van der Waals surface area contributed by atoms with Gasteiger partial charge < -0.3 is 5.32 Å². The normalized spacial score (nSPS) is 13.4. The molecule has 0 amide bonds. The van der Waals surface area contributed by atoms with Gasteiger partial charge in [0.15, 0.2) is 0 Å². The molecule has 22 heavy (non-hydrogen) atoms. The first-order chi connectivity index (χ1) is 10.3. The first kappa shape index (κ1) is 16.2. The van der Waals surface area contributed by atoms with Crippen molar-refractivity contribution in [3.8, 4) is 0 Å². The molecule has 9 heteroatoms. The summed E-state index contributed by atoms with van der Waals surface area (Å²) < 4.78 is 39.7. The van der Waals surface area contributed by atoms with E-state index in [1.807, 2.05) is 13.8 Å². The molecular weight excluding hydrogens is 297 g/mol. The van der Waals surface area contributed by atoms with Crippen molar-refractivity contribution in [1.82, 2.24) is 24.7 Å². The summed E-state index contributed by atoms with van der Waals surface area (Å²) in [5.41, 5.74) is -0.980. The van der Waals surface area contributed by atoms with Crippen molar-refractivity contribution in [2.45, 2.75) is 32.5 Å². The second-order valence-corrected chi connectivity index (χ2v) is 5.33. The standard InChI is InChI=1S/C13H17F3N6/c1-8(2)6-9(11-18-7-19-22(11)3)20-12-17-5-4-10(21-12)13(14,15)16/h4-5,7-9H,6H2,1-3H3,(H,17,20,21). The minimum Gasteiger partial charge on any atom is -0.344 e. The molecule has 2 aromatic rings. The van der Waals surface area contributed by atoms with Crippen molar-refractivity contribution < 1.29 is 13.2 Å². The first-order valence-corrected chi connectivity index (χ1v) is 6.78. The molecule has 2 heterocycles. The fourth-order valence-electron chi connectivity index (χ4n) is 2.06. The third-order valence-electron chi connectivity index (χ3n) is 3.01. The summed E-state index contributed by atoms with van der Waals surface area (Å²) in [6, 6.07) is 0.515. The first-order valence-electron chi connectivity index (χ1n) is 6.78. The van der Waals surface area contributed by atoms with Crippen LogP contribution in [0.4, 0.5) is 19.1 Å². The number of hydrogen-bond donors (Lipinski definition) is 1. The lowest BCUT2D eigenvalue weighted by Gasteiger charge is -2.20. The van der Waals surface area contributed by atoms with Crippen molar-refractivity contribution in [2.24, 2.45) is 13.0 Å². The van der Waals surface area contributed by atoms with Crippen LogP contribution in [-0.4, -0.2) is 24.7 Å².